The van der Waals surface area contributed by atoms with Gasteiger partial charge in [0.2, 0.25) is 0 Å². The fourth-order valence-electron chi connectivity index (χ4n) is 2.29. The van der Waals surface area contributed by atoms with Crippen LogP contribution in [0.2, 0.25) is 0 Å². The Morgan fingerprint density at radius 2 is 2.00 bits per heavy atom. The Morgan fingerprint density at radius 1 is 1.29 bits per heavy atom. The van der Waals surface area contributed by atoms with E-state index >= 15 is 0 Å². The minimum absolute atomic E-state index is 0.0846. The van der Waals surface area contributed by atoms with Gasteiger partial charge in [0.15, 0.2) is 0 Å². The highest BCUT2D eigenvalue weighted by Gasteiger charge is 2.27. The van der Waals surface area contributed by atoms with Crippen molar-refractivity contribution in [1.29, 1.82) is 0 Å². The van der Waals surface area contributed by atoms with Gasteiger partial charge < -0.3 is 10.3 Å². The topological polar surface area (TPSA) is 43.8 Å². The van der Waals surface area contributed by atoms with Gasteiger partial charge in [-0.05, 0) is 18.6 Å². The maximum atomic E-state index is 13.7. The zero-order chi connectivity index (χ0) is 12.0. The minimum Gasteiger partial charge on any atom is -0.333 e. The smallest absolute Gasteiger partial charge is 0.135 e. The monoisotopic (exact) mass is 235 g/mol. The van der Waals surface area contributed by atoms with Gasteiger partial charge in [0.05, 0.1) is 23.3 Å². The standard InChI is InChI=1S/C12H11F2N3/c13-7-2-1-3-8(14)10(7)11-12-9(15)4-5-17(12)6-16-11/h1-3,6,9H,4-5,15H2. The van der Waals surface area contributed by atoms with Crippen molar-refractivity contribution in [3.63, 3.8) is 0 Å². The molecular formula is C12H11F2N3. The van der Waals surface area contributed by atoms with E-state index in [1.165, 1.54) is 18.2 Å². The lowest BCUT2D eigenvalue weighted by Crippen LogP contribution is -2.07. The summed E-state index contributed by atoms with van der Waals surface area (Å²) in [4.78, 5) is 4.08. The summed E-state index contributed by atoms with van der Waals surface area (Å²) < 4.78 is 29.2. The summed E-state index contributed by atoms with van der Waals surface area (Å²) in [6, 6.07) is 3.59. The van der Waals surface area contributed by atoms with Crippen LogP contribution < -0.4 is 5.73 Å². The number of nitrogens with two attached hydrogens (primary N) is 1. The summed E-state index contributed by atoms with van der Waals surface area (Å²) in [6.07, 6.45) is 2.37. The molecule has 0 spiro atoms. The van der Waals surface area contributed by atoms with Crippen molar-refractivity contribution in [3.05, 3.63) is 41.9 Å². The molecule has 0 aliphatic carbocycles. The Labute approximate surface area is 96.9 Å². The van der Waals surface area contributed by atoms with Gasteiger partial charge >= 0.3 is 0 Å². The van der Waals surface area contributed by atoms with Crippen molar-refractivity contribution in [3.8, 4) is 11.3 Å². The average Bonchev–Trinajstić information content (AvgIpc) is 2.83. The number of halogens is 2. The number of aryl methyl sites for hydroxylation is 1. The molecule has 1 aliphatic rings. The first-order valence-electron chi connectivity index (χ1n) is 5.43. The molecule has 3 rings (SSSR count). The highest BCUT2D eigenvalue weighted by atomic mass is 19.1. The van der Waals surface area contributed by atoms with Crippen LogP contribution in [-0.2, 0) is 6.54 Å². The number of hydrogen-bond acceptors (Lipinski definition) is 2. The van der Waals surface area contributed by atoms with Crippen LogP contribution in [0.4, 0.5) is 8.78 Å². The van der Waals surface area contributed by atoms with Crippen LogP contribution in [0, 0.1) is 11.6 Å². The quantitative estimate of drug-likeness (QED) is 0.823. The molecule has 2 heterocycles. The lowest BCUT2D eigenvalue weighted by Gasteiger charge is -2.07. The fourth-order valence-corrected chi connectivity index (χ4v) is 2.29. The van der Waals surface area contributed by atoms with Gasteiger partial charge in [0.25, 0.3) is 0 Å². The van der Waals surface area contributed by atoms with Crippen molar-refractivity contribution in [1.82, 2.24) is 9.55 Å². The van der Waals surface area contributed by atoms with Crippen LogP contribution in [0.15, 0.2) is 24.5 Å². The van der Waals surface area contributed by atoms with E-state index in [0.717, 1.165) is 13.0 Å². The van der Waals surface area contributed by atoms with Crippen LogP contribution in [0.3, 0.4) is 0 Å². The first kappa shape index (κ1) is 10.4. The van der Waals surface area contributed by atoms with Gasteiger partial charge in [-0.2, -0.15) is 0 Å². The van der Waals surface area contributed by atoms with Crippen molar-refractivity contribution >= 4 is 0 Å². The molecule has 1 aliphatic heterocycles. The second-order valence-corrected chi connectivity index (χ2v) is 4.16. The molecule has 1 aromatic carbocycles. The van der Waals surface area contributed by atoms with E-state index in [4.69, 9.17) is 5.73 Å². The normalized spacial score (nSPS) is 18.4. The van der Waals surface area contributed by atoms with Crippen molar-refractivity contribution < 1.29 is 8.78 Å². The number of imidazole rings is 1. The third-order valence-corrected chi connectivity index (χ3v) is 3.11. The van der Waals surface area contributed by atoms with E-state index in [1.54, 1.807) is 6.33 Å². The second-order valence-electron chi connectivity index (χ2n) is 4.16. The average molecular weight is 235 g/mol. The lowest BCUT2D eigenvalue weighted by atomic mass is 10.1. The molecule has 1 aromatic heterocycles. The molecule has 0 fully saturated rings. The molecular weight excluding hydrogens is 224 g/mol. The molecule has 0 bridgehead atoms. The molecule has 0 saturated heterocycles. The molecule has 5 heteroatoms. The van der Waals surface area contributed by atoms with Gasteiger partial charge in [0.1, 0.15) is 11.6 Å². The summed E-state index contributed by atoms with van der Waals surface area (Å²) in [5, 5.41) is 0. The van der Waals surface area contributed by atoms with E-state index in [9.17, 15) is 8.78 Å². The molecule has 3 nitrogen and oxygen atoms in total. The molecule has 1 atom stereocenters. The summed E-state index contributed by atoms with van der Waals surface area (Å²) in [6.45, 7) is 0.750. The summed E-state index contributed by atoms with van der Waals surface area (Å²) in [7, 11) is 0. The minimum atomic E-state index is -0.606. The summed E-state index contributed by atoms with van der Waals surface area (Å²) in [5.74, 6) is -1.21. The van der Waals surface area contributed by atoms with Crippen LogP contribution >= 0.6 is 0 Å². The fraction of sp³-hybridized carbons (Fsp3) is 0.250. The molecule has 0 amide bonds. The number of fused-ring (bicyclic) bond motifs is 1. The van der Waals surface area contributed by atoms with Crippen LogP contribution in [0.25, 0.3) is 11.3 Å². The highest BCUT2D eigenvalue weighted by Crippen LogP contribution is 2.34. The highest BCUT2D eigenvalue weighted by molar-refractivity contribution is 5.64. The Balaban J connectivity index is 2.23. The molecule has 17 heavy (non-hydrogen) atoms. The Bertz CT molecular complexity index is 557. The second kappa shape index (κ2) is 3.63. The number of nitrogens with zero attached hydrogens (tertiary/aromatic N) is 2. The third-order valence-electron chi connectivity index (χ3n) is 3.11. The van der Waals surface area contributed by atoms with Crippen molar-refractivity contribution in [2.45, 2.75) is 19.0 Å². The van der Waals surface area contributed by atoms with E-state index in [2.05, 4.69) is 4.98 Å². The molecule has 2 aromatic rings. The first-order valence-corrected chi connectivity index (χ1v) is 5.43. The molecule has 1 unspecified atom stereocenters. The molecule has 88 valence electrons. The van der Waals surface area contributed by atoms with E-state index in [0.29, 0.717) is 11.4 Å². The van der Waals surface area contributed by atoms with Crippen molar-refractivity contribution in [2.24, 2.45) is 5.73 Å². The van der Waals surface area contributed by atoms with Gasteiger partial charge in [-0.25, -0.2) is 13.8 Å². The summed E-state index contributed by atoms with van der Waals surface area (Å²) >= 11 is 0. The zero-order valence-corrected chi connectivity index (χ0v) is 9.03. The maximum Gasteiger partial charge on any atom is 0.135 e. The van der Waals surface area contributed by atoms with Gasteiger partial charge in [0, 0.05) is 12.6 Å². The van der Waals surface area contributed by atoms with E-state index < -0.39 is 11.6 Å². The first-order chi connectivity index (χ1) is 8.18. The molecule has 0 saturated carbocycles. The number of hydrogen-bond donors (Lipinski definition) is 1. The predicted molar refractivity (Wildman–Crippen MR) is 59.1 cm³/mol. The predicted octanol–water partition coefficient (Wildman–Crippen LogP) is 2.23. The lowest BCUT2D eigenvalue weighted by molar-refractivity contribution is 0.588. The molecule has 0 radical (unpaired) electrons. The van der Waals surface area contributed by atoms with Gasteiger partial charge in [-0.1, -0.05) is 6.07 Å². The van der Waals surface area contributed by atoms with E-state index in [1.807, 2.05) is 4.57 Å². The third kappa shape index (κ3) is 1.46. The SMILES string of the molecule is NC1CCn2cnc(-c3c(F)cccc3F)c21. The Hall–Kier alpha value is -1.75. The maximum absolute atomic E-state index is 13.7. The van der Waals surface area contributed by atoms with E-state index in [-0.39, 0.29) is 11.6 Å². The van der Waals surface area contributed by atoms with Crippen molar-refractivity contribution in [2.75, 3.05) is 0 Å². The van der Waals surface area contributed by atoms with Crippen LogP contribution in [0.1, 0.15) is 18.2 Å². The Kier molecular flexibility index (Phi) is 2.22. The molecule has 2 N–H and O–H groups in total. The van der Waals surface area contributed by atoms with Crippen LogP contribution in [0.5, 0.6) is 0 Å². The number of aromatic nitrogens is 2. The largest absolute Gasteiger partial charge is 0.333 e. The van der Waals surface area contributed by atoms with Gasteiger partial charge in [-0.15, -0.1) is 0 Å². The number of benzene rings is 1. The summed E-state index contributed by atoms with van der Waals surface area (Å²) in [5.41, 5.74) is 6.88. The zero-order valence-electron chi connectivity index (χ0n) is 9.03. The van der Waals surface area contributed by atoms with Crippen LogP contribution in [-0.4, -0.2) is 9.55 Å². The van der Waals surface area contributed by atoms with Gasteiger partial charge in [-0.3, -0.25) is 0 Å². The Morgan fingerprint density at radius 3 is 2.71 bits per heavy atom. The number of rotatable bonds is 1.